The van der Waals surface area contributed by atoms with E-state index in [4.69, 9.17) is 14.2 Å². The fourth-order valence-corrected chi connectivity index (χ4v) is 2.84. The van der Waals surface area contributed by atoms with Gasteiger partial charge in [0.25, 0.3) is 5.91 Å². The molecule has 0 aliphatic rings. The molecule has 0 aliphatic carbocycles. The van der Waals surface area contributed by atoms with E-state index in [-0.39, 0.29) is 30.2 Å². The van der Waals surface area contributed by atoms with Crippen LogP contribution in [0.5, 0.6) is 5.75 Å². The van der Waals surface area contributed by atoms with Crippen molar-refractivity contribution in [3.05, 3.63) is 78.1 Å². The van der Waals surface area contributed by atoms with Crippen LogP contribution in [0.2, 0.25) is 0 Å². The normalized spacial score (nSPS) is 11.2. The first kappa shape index (κ1) is 23.9. The van der Waals surface area contributed by atoms with Crippen LogP contribution in [0.15, 0.2) is 67.0 Å². The maximum Gasteiger partial charge on any atom is 0.416 e. The molecule has 33 heavy (non-hydrogen) atoms. The third-order valence-corrected chi connectivity index (χ3v) is 4.47. The van der Waals surface area contributed by atoms with Gasteiger partial charge in [0.05, 0.1) is 23.4 Å². The van der Waals surface area contributed by atoms with Gasteiger partial charge in [-0.15, -0.1) is 0 Å². The molecule has 3 aromatic rings. The predicted octanol–water partition coefficient (Wildman–Crippen LogP) is 4.32. The minimum atomic E-state index is -4.61. The minimum absolute atomic E-state index is 0.0281. The summed E-state index contributed by atoms with van der Waals surface area (Å²) in [5.74, 6) is -1.53. The first-order valence-electron chi connectivity index (χ1n) is 9.81. The molecular formula is C23H21F3N2O5. The van der Waals surface area contributed by atoms with Crippen molar-refractivity contribution >= 4 is 17.6 Å². The number of anilines is 1. The van der Waals surface area contributed by atoms with Gasteiger partial charge < -0.3 is 24.1 Å². The lowest BCUT2D eigenvalue weighted by Gasteiger charge is -2.15. The molecule has 0 saturated heterocycles. The van der Waals surface area contributed by atoms with Crippen molar-refractivity contribution in [2.45, 2.75) is 6.18 Å². The van der Waals surface area contributed by atoms with E-state index in [2.05, 4.69) is 5.32 Å². The number of rotatable bonds is 9. The molecule has 0 saturated carbocycles. The topological polar surface area (TPSA) is 78.8 Å². The maximum absolute atomic E-state index is 13.1. The highest BCUT2D eigenvalue weighted by Crippen LogP contribution is 2.35. The first-order valence-corrected chi connectivity index (χ1v) is 9.81. The Bertz CT molecular complexity index is 1080. The summed E-state index contributed by atoms with van der Waals surface area (Å²) < 4.78 is 56.2. The number of hydrogen-bond acceptors (Lipinski definition) is 5. The van der Waals surface area contributed by atoms with E-state index >= 15 is 0 Å². The molecule has 2 aromatic carbocycles. The van der Waals surface area contributed by atoms with Crippen molar-refractivity contribution in [1.29, 1.82) is 0 Å². The molecule has 7 nitrogen and oxygen atoms in total. The van der Waals surface area contributed by atoms with Crippen molar-refractivity contribution < 1.29 is 37.0 Å². The predicted molar refractivity (Wildman–Crippen MR) is 113 cm³/mol. The molecule has 0 aliphatic heterocycles. The largest absolute Gasteiger partial charge is 0.489 e. The Balaban J connectivity index is 1.62. The third kappa shape index (κ3) is 6.59. The number of carbonyl (C=O) groups is 2. The van der Waals surface area contributed by atoms with Gasteiger partial charge in [-0.2, -0.15) is 13.2 Å². The number of nitrogens with one attached hydrogen (secondary N) is 1. The molecule has 1 N–H and O–H groups in total. The summed E-state index contributed by atoms with van der Waals surface area (Å²) >= 11 is 0. The summed E-state index contributed by atoms with van der Waals surface area (Å²) in [5.41, 5.74) is -0.101. The second-order valence-electron chi connectivity index (χ2n) is 6.81. The number of benzene rings is 2. The Morgan fingerprint density at radius 1 is 1.00 bits per heavy atom. The van der Waals surface area contributed by atoms with Crippen molar-refractivity contribution in [3.8, 4) is 11.4 Å². The Morgan fingerprint density at radius 3 is 2.33 bits per heavy atom. The molecule has 0 spiro atoms. The molecule has 0 fully saturated rings. The number of nitrogens with zero attached hydrogens (tertiary/aromatic N) is 1. The van der Waals surface area contributed by atoms with Crippen LogP contribution < -0.4 is 10.1 Å². The summed E-state index contributed by atoms with van der Waals surface area (Å²) in [6.45, 7) is -0.417. The number of hydrogen-bond donors (Lipinski definition) is 1. The van der Waals surface area contributed by atoms with E-state index in [1.54, 1.807) is 24.3 Å². The molecule has 10 heteroatoms. The molecule has 0 atom stereocenters. The smallest absolute Gasteiger partial charge is 0.416 e. The zero-order chi connectivity index (χ0) is 23.8. The molecule has 0 unspecified atom stereocenters. The number of amides is 1. The van der Waals surface area contributed by atoms with E-state index in [0.29, 0.717) is 0 Å². The Kier molecular flexibility index (Phi) is 7.73. The monoisotopic (exact) mass is 462 g/mol. The lowest BCUT2D eigenvalue weighted by atomic mass is 10.1. The SMILES string of the molecule is COCCOc1ccc(C(F)(F)F)cc1NC(=O)COC(=O)c1ccc(-n2cccc2)cc1. The lowest BCUT2D eigenvalue weighted by Crippen LogP contribution is -2.22. The van der Waals surface area contributed by atoms with Crippen LogP contribution in [-0.2, 0) is 20.4 Å². The lowest BCUT2D eigenvalue weighted by molar-refractivity contribution is -0.137. The van der Waals surface area contributed by atoms with Crippen LogP contribution in [0.1, 0.15) is 15.9 Å². The number of esters is 1. The van der Waals surface area contributed by atoms with Gasteiger partial charge in [0.15, 0.2) is 6.61 Å². The van der Waals surface area contributed by atoms with Crippen molar-refractivity contribution in [2.24, 2.45) is 0 Å². The maximum atomic E-state index is 13.1. The van der Waals surface area contributed by atoms with E-state index in [1.165, 1.54) is 7.11 Å². The molecule has 1 aromatic heterocycles. The van der Waals surface area contributed by atoms with E-state index in [1.807, 2.05) is 29.1 Å². The van der Waals surface area contributed by atoms with Crippen LogP contribution in [-0.4, -0.2) is 43.4 Å². The molecule has 174 valence electrons. The quantitative estimate of drug-likeness (QED) is 0.379. The van der Waals surface area contributed by atoms with Gasteiger partial charge in [-0.25, -0.2) is 4.79 Å². The second-order valence-corrected chi connectivity index (χ2v) is 6.81. The minimum Gasteiger partial charge on any atom is -0.489 e. The van der Waals surface area contributed by atoms with Gasteiger partial charge in [-0.1, -0.05) is 0 Å². The van der Waals surface area contributed by atoms with E-state index in [9.17, 15) is 22.8 Å². The van der Waals surface area contributed by atoms with Crippen LogP contribution in [0.4, 0.5) is 18.9 Å². The Hall–Kier alpha value is -3.79. The van der Waals surface area contributed by atoms with E-state index in [0.717, 1.165) is 23.9 Å². The molecule has 0 radical (unpaired) electrons. The average molecular weight is 462 g/mol. The van der Waals surface area contributed by atoms with Gasteiger partial charge in [-0.3, -0.25) is 4.79 Å². The summed E-state index contributed by atoms with van der Waals surface area (Å²) in [6, 6.07) is 12.9. The number of carbonyl (C=O) groups excluding carboxylic acids is 2. The second kappa shape index (κ2) is 10.7. The number of ether oxygens (including phenoxy) is 3. The van der Waals surface area contributed by atoms with Gasteiger partial charge in [0.2, 0.25) is 0 Å². The average Bonchev–Trinajstić information content (AvgIpc) is 3.33. The fourth-order valence-electron chi connectivity index (χ4n) is 2.84. The van der Waals surface area contributed by atoms with Crippen LogP contribution in [0, 0.1) is 0 Å². The summed E-state index contributed by atoms with van der Waals surface area (Å²) in [4.78, 5) is 24.5. The number of halogens is 3. The summed E-state index contributed by atoms with van der Waals surface area (Å²) in [6.07, 6.45) is -0.915. The number of alkyl halides is 3. The van der Waals surface area contributed by atoms with Crippen LogP contribution >= 0.6 is 0 Å². The fraction of sp³-hybridized carbons (Fsp3) is 0.217. The highest BCUT2D eigenvalue weighted by molar-refractivity contribution is 5.96. The number of aromatic nitrogens is 1. The molecule has 0 bridgehead atoms. The van der Waals surface area contributed by atoms with Crippen LogP contribution in [0.3, 0.4) is 0 Å². The first-order chi connectivity index (χ1) is 15.8. The zero-order valence-corrected chi connectivity index (χ0v) is 17.6. The van der Waals surface area contributed by atoms with Gasteiger partial charge in [0, 0.05) is 25.2 Å². The van der Waals surface area contributed by atoms with Gasteiger partial charge in [-0.05, 0) is 54.6 Å². The van der Waals surface area contributed by atoms with Gasteiger partial charge >= 0.3 is 12.1 Å². The number of methoxy groups -OCH3 is 1. The summed E-state index contributed by atoms with van der Waals surface area (Å²) in [7, 11) is 1.45. The highest BCUT2D eigenvalue weighted by atomic mass is 19.4. The summed E-state index contributed by atoms with van der Waals surface area (Å²) in [5, 5.41) is 2.30. The third-order valence-electron chi connectivity index (χ3n) is 4.47. The van der Waals surface area contributed by atoms with Crippen LogP contribution in [0.25, 0.3) is 5.69 Å². The van der Waals surface area contributed by atoms with Gasteiger partial charge in [0.1, 0.15) is 12.4 Å². The molecule has 3 rings (SSSR count). The Labute approximate surface area is 187 Å². The highest BCUT2D eigenvalue weighted by Gasteiger charge is 2.31. The van der Waals surface area contributed by atoms with Crippen molar-refractivity contribution in [3.63, 3.8) is 0 Å². The standard InChI is InChI=1S/C23H21F3N2O5/c1-31-12-13-32-20-9-6-17(23(24,25)26)14-19(20)27-21(29)15-33-22(30)16-4-7-18(8-5-16)28-10-2-3-11-28/h2-11,14H,12-13,15H2,1H3,(H,27,29). The van der Waals surface area contributed by atoms with Crippen molar-refractivity contribution in [1.82, 2.24) is 4.57 Å². The molecule has 1 amide bonds. The van der Waals surface area contributed by atoms with E-state index < -0.39 is 30.2 Å². The molecular weight excluding hydrogens is 441 g/mol. The zero-order valence-electron chi connectivity index (χ0n) is 17.6. The Morgan fingerprint density at radius 2 is 1.70 bits per heavy atom. The molecule has 1 heterocycles. The van der Waals surface area contributed by atoms with Crippen molar-refractivity contribution in [2.75, 3.05) is 32.2 Å².